The molecule has 0 aliphatic carbocycles. The zero-order valence-electron chi connectivity index (χ0n) is 20.7. The number of hydrogen-bond donors (Lipinski definition) is 2. The van der Waals surface area contributed by atoms with Gasteiger partial charge in [0.25, 0.3) is 5.91 Å². The van der Waals surface area contributed by atoms with E-state index in [0.717, 1.165) is 31.5 Å². The van der Waals surface area contributed by atoms with Crippen molar-refractivity contribution in [1.29, 1.82) is 5.26 Å². The predicted octanol–water partition coefficient (Wildman–Crippen LogP) is 4.56. The lowest BCUT2D eigenvalue weighted by Gasteiger charge is -2.34. The van der Waals surface area contributed by atoms with Gasteiger partial charge < -0.3 is 14.4 Å². The summed E-state index contributed by atoms with van der Waals surface area (Å²) in [5.74, 6) is -1.55. The van der Waals surface area contributed by atoms with E-state index in [1.165, 1.54) is 6.42 Å². The highest BCUT2D eigenvalue weighted by Crippen LogP contribution is 2.39. The van der Waals surface area contributed by atoms with Crippen LogP contribution in [0.5, 0.6) is 5.75 Å². The van der Waals surface area contributed by atoms with Crippen LogP contribution in [0.4, 0.5) is 0 Å². The molecule has 37 heavy (non-hydrogen) atoms. The Morgan fingerprint density at radius 2 is 1.81 bits per heavy atom. The van der Waals surface area contributed by atoms with E-state index >= 15 is 0 Å². The predicted molar refractivity (Wildman–Crippen MR) is 145 cm³/mol. The maximum Gasteiger partial charge on any atom is 0.343 e. The number of piperidine rings is 1. The van der Waals surface area contributed by atoms with Gasteiger partial charge in [-0.15, -0.1) is 12.4 Å². The molecule has 1 aliphatic rings. The van der Waals surface area contributed by atoms with Gasteiger partial charge in [-0.2, -0.15) is 10.4 Å². The number of para-hydroxylation sites is 1. The molecule has 1 amide bonds. The summed E-state index contributed by atoms with van der Waals surface area (Å²) in [6, 6.07) is 18.2. The summed E-state index contributed by atoms with van der Waals surface area (Å²) in [6.07, 6.45) is 3.04. The van der Waals surface area contributed by atoms with Gasteiger partial charge in [-0.3, -0.25) is 4.79 Å². The van der Waals surface area contributed by atoms with Crippen molar-refractivity contribution in [2.45, 2.75) is 38.5 Å². The van der Waals surface area contributed by atoms with E-state index in [1.807, 2.05) is 36.4 Å². The first-order valence-corrected chi connectivity index (χ1v) is 12.2. The number of benzene rings is 2. The number of hydrogen-bond acceptors (Lipinski definition) is 7. The molecule has 0 spiro atoms. The Balaban J connectivity index is 0.00000380. The topological polar surface area (TPSA) is 119 Å². The maximum atomic E-state index is 13.4. The van der Waals surface area contributed by atoms with E-state index in [0.29, 0.717) is 23.2 Å². The molecule has 8 nitrogen and oxygen atoms in total. The molecular formula is C28H31ClN4O4. The second-order valence-corrected chi connectivity index (χ2v) is 9.13. The average Bonchev–Trinajstić information content (AvgIpc) is 2.90. The van der Waals surface area contributed by atoms with Crippen molar-refractivity contribution in [2.24, 2.45) is 11.0 Å². The number of nitrogens with zero attached hydrogens (tertiary/aromatic N) is 3. The molecule has 2 unspecified atom stereocenters. The Morgan fingerprint density at radius 1 is 1.14 bits per heavy atom. The van der Waals surface area contributed by atoms with Crippen LogP contribution in [0.2, 0.25) is 0 Å². The van der Waals surface area contributed by atoms with Gasteiger partial charge in [0, 0.05) is 24.1 Å². The van der Waals surface area contributed by atoms with Crippen molar-refractivity contribution in [2.75, 3.05) is 19.6 Å². The Hall–Kier alpha value is -3.67. The second-order valence-electron chi connectivity index (χ2n) is 9.13. The number of rotatable bonds is 8. The number of fused-ring (bicyclic) bond motifs is 1. The summed E-state index contributed by atoms with van der Waals surface area (Å²) in [7, 11) is 0. The lowest BCUT2D eigenvalue weighted by atomic mass is 9.78. The minimum absolute atomic E-state index is 0. The van der Waals surface area contributed by atoms with Crippen molar-refractivity contribution in [3.05, 3.63) is 76.1 Å². The first-order valence-electron chi connectivity index (χ1n) is 12.2. The summed E-state index contributed by atoms with van der Waals surface area (Å²) in [5.41, 5.74) is 3.76. The van der Waals surface area contributed by atoms with Crippen LogP contribution in [-0.2, 0) is 4.79 Å². The van der Waals surface area contributed by atoms with Gasteiger partial charge in [0.2, 0.25) is 0 Å². The molecule has 4 rings (SSSR count). The van der Waals surface area contributed by atoms with E-state index in [1.54, 1.807) is 31.2 Å². The van der Waals surface area contributed by atoms with Gasteiger partial charge in [-0.25, -0.2) is 10.2 Å². The van der Waals surface area contributed by atoms with E-state index in [9.17, 15) is 14.7 Å². The van der Waals surface area contributed by atoms with Gasteiger partial charge in [-0.1, -0.05) is 48.9 Å². The minimum Gasteiger partial charge on any atom is -0.507 e. The number of nitriles is 1. The van der Waals surface area contributed by atoms with Crippen molar-refractivity contribution in [3.63, 3.8) is 0 Å². The van der Waals surface area contributed by atoms with Crippen LogP contribution in [-0.4, -0.2) is 41.3 Å². The molecule has 1 saturated heterocycles. The maximum absolute atomic E-state index is 13.4. The largest absolute Gasteiger partial charge is 0.507 e. The number of nitrogens with one attached hydrogen (secondary N) is 1. The van der Waals surface area contributed by atoms with E-state index in [4.69, 9.17) is 9.68 Å². The van der Waals surface area contributed by atoms with Crippen molar-refractivity contribution in [1.82, 2.24) is 10.3 Å². The van der Waals surface area contributed by atoms with Crippen LogP contribution in [0.15, 0.2) is 68.9 Å². The van der Waals surface area contributed by atoms with Crippen LogP contribution < -0.4 is 11.1 Å². The molecule has 2 atom stereocenters. The zero-order chi connectivity index (χ0) is 25.5. The molecule has 0 bridgehead atoms. The van der Waals surface area contributed by atoms with Gasteiger partial charge in [-0.05, 0) is 50.6 Å². The van der Waals surface area contributed by atoms with Gasteiger partial charge in [0.05, 0.1) is 17.0 Å². The molecule has 194 valence electrons. The summed E-state index contributed by atoms with van der Waals surface area (Å²) < 4.78 is 5.65. The van der Waals surface area contributed by atoms with Gasteiger partial charge in [0.1, 0.15) is 17.8 Å². The Bertz CT molecular complexity index is 1340. The van der Waals surface area contributed by atoms with Crippen LogP contribution in [0.3, 0.4) is 0 Å². The fourth-order valence-corrected chi connectivity index (χ4v) is 4.93. The van der Waals surface area contributed by atoms with Crippen molar-refractivity contribution in [3.8, 4) is 11.8 Å². The van der Waals surface area contributed by atoms with E-state index in [2.05, 4.69) is 15.4 Å². The number of aromatic hydroxyl groups is 1. The number of carbonyl (C=O) groups excluding carboxylic acids is 1. The van der Waals surface area contributed by atoms with Gasteiger partial charge >= 0.3 is 5.63 Å². The van der Waals surface area contributed by atoms with Crippen LogP contribution in [0.25, 0.3) is 11.0 Å². The third kappa shape index (κ3) is 6.56. The SMILES string of the molecule is C/C(=N\NC(=O)CC#N)C(CN1CCCCC1)C(c1ccccc1)c1c(O)c2ccccc2oc1=O.Cl. The van der Waals surface area contributed by atoms with E-state index < -0.39 is 17.5 Å². The number of halogens is 1. The summed E-state index contributed by atoms with van der Waals surface area (Å²) in [4.78, 5) is 27.7. The lowest BCUT2D eigenvalue weighted by molar-refractivity contribution is -0.120. The first kappa shape index (κ1) is 27.9. The Morgan fingerprint density at radius 3 is 2.51 bits per heavy atom. The molecule has 1 aliphatic heterocycles. The number of likely N-dealkylation sites (tertiary alicyclic amines) is 1. The average molecular weight is 523 g/mol. The molecule has 0 saturated carbocycles. The molecule has 2 heterocycles. The molecule has 1 fully saturated rings. The van der Waals surface area contributed by atoms with E-state index in [-0.39, 0.29) is 36.1 Å². The first-order chi connectivity index (χ1) is 17.5. The monoisotopic (exact) mass is 522 g/mol. The minimum atomic E-state index is -0.606. The molecule has 9 heteroatoms. The summed E-state index contributed by atoms with van der Waals surface area (Å²) in [6.45, 7) is 4.22. The Kier molecular flexibility index (Phi) is 9.84. The summed E-state index contributed by atoms with van der Waals surface area (Å²) in [5, 5.41) is 25.0. The quantitative estimate of drug-likeness (QED) is 0.254. The third-order valence-corrected chi connectivity index (χ3v) is 6.73. The molecule has 1 aromatic heterocycles. The normalized spacial score (nSPS) is 15.8. The Labute approximate surface area is 222 Å². The van der Waals surface area contributed by atoms with Crippen LogP contribution in [0, 0.1) is 17.2 Å². The highest BCUT2D eigenvalue weighted by atomic mass is 35.5. The number of amides is 1. The molecule has 0 radical (unpaired) electrons. The van der Waals surface area contributed by atoms with Crippen molar-refractivity contribution >= 4 is 35.0 Å². The fraction of sp³-hybridized carbons (Fsp3) is 0.357. The lowest BCUT2D eigenvalue weighted by Crippen LogP contribution is -2.40. The molecule has 2 N–H and O–H groups in total. The second kappa shape index (κ2) is 13.0. The zero-order valence-corrected chi connectivity index (χ0v) is 21.5. The molecule has 2 aromatic carbocycles. The third-order valence-electron chi connectivity index (χ3n) is 6.73. The van der Waals surface area contributed by atoms with Crippen molar-refractivity contribution < 1.29 is 14.3 Å². The standard InChI is InChI=1S/C28H30N4O4.ClH/c1-19(30-31-24(33)14-15-29)22(18-32-16-8-3-9-17-32)25(20-10-4-2-5-11-20)26-27(34)21-12-6-7-13-23(21)36-28(26)35;/h2,4-7,10-13,22,25,34H,3,8-9,14,16-18H2,1H3,(H,31,33);1H/b30-19+;. The number of carbonyl (C=O) groups is 1. The highest BCUT2D eigenvalue weighted by molar-refractivity contribution is 5.89. The number of hydrazone groups is 1. The van der Waals surface area contributed by atoms with Gasteiger partial charge in [0.15, 0.2) is 0 Å². The smallest absolute Gasteiger partial charge is 0.343 e. The molecular weight excluding hydrogens is 492 g/mol. The summed E-state index contributed by atoms with van der Waals surface area (Å²) >= 11 is 0. The highest BCUT2D eigenvalue weighted by Gasteiger charge is 2.35. The van der Waals surface area contributed by atoms with Crippen LogP contribution in [0.1, 0.15) is 49.7 Å². The van der Waals surface area contributed by atoms with Crippen LogP contribution >= 0.6 is 12.4 Å². The molecule has 3 aromatic rings. The fourth-order valence-electron chi connectivity index (χ4n) is 4.93.